The van der Waals surface area contributed by atoms with Crippen molar-refractivity contribution in [2.75, 3.05) is 5.32 Å². The Hall–Kier alpha value is -1.64. The number of halogens is 3. The minimum absolute atomic E-state index is 0.201. The number of rotatable bonds is 5. The fourth-order valence-corrected chi connectivity index (χ4v) is 3.37. The molecule has 2 aromatic heterocycles. The third-order valence-corrected chi connectivity index (χ3v) is 5.71. The van der Waals surface area contributed by atoms with Gasteiger partial charge in [-0.1, -0.05) is 29.8 Å². The Morgan fingerprint density at radius 1 is 1.31 bits per heavy atom. The van der Waals surface area contributed by atoms with Crippen molar-refractivity contribution in [3.63, 3.8) is 0 Å². The Morgan fingerprint density at radius 3 is 2.69 bits per heavy atom. The normalized spacial score (nSPS) is 12.2. The van der Waals surface area contributed by atoms with Gasteiger partial charge >= 0.3 is 0 Å². The van der Waals surface area contributed by atoms with Crippen molar-refractivity contribution in [1.82, 2.24) is 19.6 Å². The standard InChI is InChI=1S/C17H16Br2ClN5O/c1-10-13(18)7-21-25(10)11(2)17(26)22-16-14(19)9-24(23-16)8-12-5-3-4-6-15(12)20/h3-7,9,11H,8H2,1-2H3,(H,22,23,26). The zero-order valence-corrected chi connectivity index (χ0v) is 18.0. The third-order valence-electron chi connectivity index (χ3n) is 3.98. The third kappa shape index (κ3) is 4.02. The van der Waals surface area contributed by atoms with Crippen molar-refractivity contribution in [1.29, 1.82) is 0 Å². The van der Waals surface area contributed by atoms with Gasteiger partial charge in [-0.15, -0.1) is 0 Å². The molecule has 0 bridgehead atoms. The van der Waals surface area contributed by atoms with E-state index in [0.29, 0.717) is 21.9 Å². The summed E-state index contributed by atoms with van der Waals surface area (Å²) in [6.45, 7) is 4.19. The molecule has 136 valence electrons. The van der Waals surface area contributed by atoms with Crippen molar-refractivity contribution in [2.24, 2.45) is 0 Å². The van der Waals surface area contributed by atoms with Crippen molar-refractivity contribution in [2.45, 2.75) is 26.4 Å². The maximum absolute atomic E-state index is 12.6. The first-order valence-corrected chi connectivity index (χ1v) is 9.80. The second-order valence-corrected chi connectivity index (χ2v) is 7.92. The van der Waals surface area contributed by atoms with Crippen molar-refractivity contribution in [3.05, 3.63) is 61.9 Å². The lowest BCUT2D eigenvalue weighted by Gasteiger charge is -2.13. The van der Waals surface area contributed by atoms with E-state index in [0.717, 1.165) is 15.7 Å². The Labute approximate surface area is 172 Å². The van der Waals surface area contributed by atoms with Crippen LogP contribution >= 0.6 is 43.5 Å². The summed E-state index contributed by atoms with van der Waals surface area (Å²) in [6.07, 6.45) is 3.48. The molecule has 3 rings (SSSR count). The van der Waals surface area contributed by atoms with Gasteiger partial charge in [-0.25, -0.2) is 0 Å². The molecule has 1 unspecified atom stereocenters. The maximum atomic E-state index is 12.6. The molecule has 6 nitrogen and oxygen atoms in total. The van der Waals surface area contributed by atoms with E-state index in [1.807, 2.05) is 31.2 Å². The molecule has 0 saturated carbocycles. The molecule has 1 amide bonds. The largest absolute Gasteiger partial charge is 0.306 e. The lowest BCUT2D eigenvalue weighted by molar-refractivity contribution is -0.119. The van der Waals surface area contributed by atoms with E-state index in [-0.39, 0.29) is 5.91 Å². The summed E-state index contributed by atoms with van der Waals surface area (Å²) in [4.78, 5) is 12.6. The quantitative estimate of drug-likeness (QED) is 0.546. The van der Waals surface area contributed by atoms with E-state index in [9.17, 15) is 4.79 Å². The minimum Gasteiger partial charge on any atom is -0.306 e. The van der Waals surface area contributed by atoms with Crippen LogP contribution in [0.5, 0.6) is 0 Å². The van der Waals surface area contributed by atoms with E-state index in [4.69, 9.17) is 11.6 Å². The summed E-state index contributed by atoms with van der Waals surface area (Å²) in [6, 6.07) is 7.12. The molecule has 9 heteroatoms. The number of anilines is 1. The number of benzene rings is 1. The average molecular weight is 502 g/mol. The first kappa shape index (κ1) is 19.1. The zero-order chi connectivity index (χ0) is 18.8. The summed E-state index contributed by atoms with van der Waals surface area (Å²) >= 11 is 13.0. The molecular formula is C17H16Br2ClN5O. The van der Waals surface area contributed by atoms with Crippen LogP contribution in [0.15, 0.2) is 45.6 Å². The Bertz CT molecular complexity index is 953. The van der Waals surface area contributed by atoms with Crippen LogP contribution in [0.25, 0.3) is 0 Å². The van der Waals surface area contributed by atoms with E-state index in [2.05, 4.69) is 47.4 Å². The van der Waals surface area contributed by atoms with Crippen molar-refractivity contribution < 1.29 is 4.79 Å². The van der Waals surface area contributed by atoms with Crippen LogP contribution in [0.1, 0.15) is 24.2 Å². The molecule has 26 heavy (non-hydrogen) atoms. The second kappa shape index (κ2) is 7.94. The van der Waals surface area contributed by atoms with Crippen molar-refractivity contribution >= 4 is 55.2 Å². The number of hydrogen-bond donors (Lipinski definition) is 1. The van der Waals surface area contributed by atoms with Crippen LogP contribution in [0.3, 0.4) is 0 Å². The lowest BCUT2D eigenvalue weighted by Crippen LogP contribution is -2.25. The molecule has 1 N–H and O–H groups in total. The number of hydrogen-bond acceptors (Lipinski definition) is 3. The zero-order valence-electron chi connectivity index (χ0n) is 14.1. The molecule has 1 aromatic carbocycles. The molecule has 0 fully saturated rings. The van der Waals surface area contributed by atoms with Gasteiger partial charge in [0.15, 0.2) is 5.82 Å². The Balaban J connectivity index is 1.74. The van der Waals surface area contributed by atoms with Crippen LogP contribution in [0.4, 0.5) is 5.82 Å². The average Bonchev–Trinajstić information content (AvgIpc) is 3.12. The second-order valence-electron chi connectivity index (χ2n) is 5.80. The highest BCUT2D eigenvalue weighted by molar-refractivity contribution is 9.10. The smallest absolute Gasteiger partial charge is 0.250 e. The van der Waals surface area contributed by atoms with Gasteiger partial charge in [-0.2, -0.15) is 10.2 Å². The van der Waals surface area contributed by atoms with Gasteiger partial charge in [-0.05, 0) is 57.3 Å². The van der Waals surface area contributed by atoms with Gasteiger partial charge < -0.3 is 5.32 Å². The van der Waals surface area contributed by atoms with Gasteiger partial charge in [-0.3, -0.25) is 14.2 Å². The predicted octanol–water partition coefficient (Wildman–Crippen LogP) is 4.81. The molecular weight excluding hydrogens is 485 g/mol. The summed E-state index contributed by atoms with van der Waals surface area (Å²) in [5, 5.41) is 12.2. The monoisotopic (exact) mass is 499 g/mol. The molecule has 0 saturated heterocycles. The molecule has 0 radical (unpaired) electrons. The molecule has 0 aliphatic heterocycles. The molecule has 0 aliphatic rings. The SMILES string of the molecule is Cc1c(Br)cnn1C(C)C(=O)Nc1nn(Cc2ccccc2Cl)cc1Br. The van der Waals surface area contributed by atoms with Crippen LogP contribution < -0.4 is 5.32 Å². The van der Waals surface area contributed by atoms with E-state index in [1.54, 1.807) is 28.7 Å². The number of carbonyl (C=O) groups is 1. The Morgan fingerprint density at radius 2 is 2.04 bits per heavy atom. The number of nitrogens with zero attached hydrogens (tertiary/aromatic N) is 4. The van der Waals surface area contributed by atoms with Gasteiger partial charge in [0.2, 0.25) is 5.91 Å². The number of nitrogens with one attached hydrogen (secondary N) is 1. The summed E-state index contributed by atoms with van der Waals surface area (Å²) in [5.41, 5.74) is 1.84. The number of aromatic nitrogens is 4. The summed E-state index contributed by atoms with van der Waals surface area (Å²) in [5.74, 6) is 0.255. The number of carbonyl (C=O) groups excluding carboxylic acids is 1. The van der Waals surface area contributed by atoms with Gasteiger partial charge in [0, 0.05) is 11.2 Å². The van der Waals surface area contributed by atoms with Crippen LogP contribution in [0, 0.1) is 6.92 Å². The molecule has 3 aromatic rings. The van der Waals surface area contributed by atoms with Gasteiger partial charge in [0.1, 0.15) is 6.04 Å². The summed E-state index contributed by atoms with van der Waals surface area (Å²) < 4.78 is 4.95. The highest BCUT2D eigenvalue weighted by Gasteiger charge is 2.20. The minimum atomic E-state index is -0.470. The number of amides is 1. The highest BCUT2D eigenvalue weighted by atomic mass is 79.9. The highest BCUT2D eigenvalue weighted by Crippen LogP contribution is 2.24. The van der Waals surface area contributed by atoms with E-state index >= 15 is 0 Å². The molecule has 1 atom stereocenters. The molecule has 0 spiro atoms. The van der Waals surface area contributed by atoms with Crippen molar-refractivity contribution in [3.8, 4) is 0 Å². The van der Waals surface area contributed by atoms with E-state index in [1.165, 1.54) is 0 Å². The van der Waals surface area contributed by atoms with Gasteiger partial charge in [0.25, 0.3) is 0 Å². The Kier molecular flexibility index (Phi) is 5.84. The summed E-state index contributed by atoms with van der Waals surface area (Å²) in [7, 11) is 0. The molecule has 0 aliphatic carbocycles. The van der Waals surface area contributed by atoms with Gasteiger partial charge in [0.05, 0.1) is 27.4 Å². The first-order valence-electron chi connectivity index (χ1n) is 7.83. The van der Waals surface area contributed by atoms with Crippen LogP contribution in [0.2, 0.25) is 5.02 Å². The van der Waals surface area contributed by atoms with Crippen LogP contribution in [-0.4, -0.2) is 25.5 Å². The lowest BCUT2D eigenvalue weighted by atomic mass is 10.2. The maximum Gasteiger partial charge on any atom is 0.250 e. The van der Waals surface area contributed by atoms with E-state index < -0.39 is 6.04 Å². The fraction of sp³-hybridized carbons (Fsp3) is 0.235. The molecule has 2 heterocycles. The first-order chi connectivity index (χ1) is 12.4. The predicted molar refractivity (Wildman–Crippen MR) is 108 cm³/mol. The van der Waals surface area contributed by atoms with Crippen LogP contribution in [-0.2, 0) is 11.3 Å². The fourth-order valence-electron chi connectivity index (χ4n) is 2.49. The topological polar surface area (TPSA) is 64.7 Å².